The van der Waals surface area contributed by atoms with Crippen LogP contribution in [0.4, 0.5) is 0 Å². The molecule has 37 heavy (non-hydrogen) atoms. The van der Waals surface area contributed by atoms with Crippen LogP contribution in [0.1, 0.15) is 43.6 Å². The molecule has 12 heteroatoms. The smallest absolute Gasteiger partial charge is 0.272 e. The molecule has 2 heterocycles. The fourth-order valence-corrected chi connectivity index (χ4v) is 5.92. The Hall–Kier alpha value is -3.61. The highest BCUT2D eigenvalue weighted by molar-refractivity contribution is 7.89. The zero-order valence-electron chi connectivity index (χ0n) is 21.2. The van der Waals surface area contributed by atoms with Crippen molar-refractivity contribution in [2.45, 2.75) is 50.6 Å². The highest BCUT2D eigenvalue weighted by Crippen LogP contribution is 2.34. The maximum atomic E-state index is 13.6. The molecule has 1 atom stereocenters. The summed E-state index contributed by atoms with van der Waals surface area (Å²) in [6.07, 6.45) is 0.193. The summed E-state index contributed by atoms with van der Waals surface area (Å²) in [5.41, 5.74) is 1.75. The number of carbonyl (C=O) groups excluding carboxylic acids is 1. The van der Waals surface area contributed by atoms with Gasteiger partial charge in [-0.25, -0.2) is 18.6 Å². The predicted molar refractivity (Wildman–Crippen MR) is 135 cm³/mol. The molecular weight excluding hydrogens is 500 g/mol. The molecule has 0 aliphatic carbocycles. The Bertz CT molecular complexity index is 1480. The van der Waals surface area contributed by atoms with Crippen LogP contribution in [0.15, 0.2) is 52.2 Å². The van der Waals surface area contributed by atoms with Crippen molar-refractivity contribution in [3.05, 3.63) is 69.6 Å². The number of sulfonamides is 1. The van der Waals surface area contributed by atoms with Gasteiger partial charge in [-0.05, 0) is 69.7 Å². The van der Waals surface area contributed by atoms with Crippen LogP contribution in [0.5, 0.6) is 17.2 Å². The number of hydrogen-bond donors (Lipinski definition) is 3. The Morgan fingerprint density at radius 1 is 1.11 bits per heavy atom. The minimum atomic E-state index is -4.24. The lowest BCUT2D eigenvalue weighted by Crippen LogP contribution is -2.48. The number of nitrogens with one attached hydrogen (secondary N) is 2. The average molecular weight is 531 g/mol. The Kier molecular flexibility index (Phi) is 6.93. The molecule has 0 saturated heterocycles. The maximum Gasteiger partial charge on any atom is 0.272 e. The van der Waals surface area contributed by atoms with E-state index in [0.717, 1.165) is 9.87 Å². The van der Waals surface area contributed by atoms with Crippen LogP contribution in [0.2, 0.25) is 0 Å². The summed E-state index contributed by atoms with van der Waals surface area (Å²) >= 11 is 0. The summed E-state index contributed by atoms with van der Waals surface area (Å²) in [6, 6.07) is 9.58. The quantitative estimate of drug-likeness (QED) is 0.328. The van der Waals surface area contributed by atoms with Crippen molar-refractivity contribution >= 4 is 15.9 Å². The van der Waals surface area contributed by atoms with Gasteiger partial charge in [0.25, 0.3) is 11.5 Å². The number of aryl methyl sites for hydroxylation is 1. The lowest BCUT2D eigenvalue weighted by molar-refractivity contribution is -0.133. The van der Waals surface area contributed by atoms with Crippen molar-refractivity contribution in [2.24, 2.45) is 0 Å². The van der Waals surface area contributed by atoms with E-state index in [-0.39, 0.29) is 23.4 Å². The summed E-state index contributed by atoms with van der Waals surface area (Å²) in [6.45, 7) is 7.25. The van der Waals surface area contributed by atoms with Crippen molar-refractivity contribution in [1.82, 2.24) is 19.6 Å². The normalized spacial score (nSPS) is 16.2. The molecule has 1 amide bonds. The first kappa shape index (κ1) is 26.5. The highest BCUT2D eigenvalue weighted by Gasteiger charge is 2.44. The van der Waals surface area contributed by atoms with Gasteiger partial charge in [-0.1, -0.05) is 0 Å². The van der Waals surface area contributed by atoms with Crippen LogP contribution in [0, 0.1) is 6.92 Å². The molecule has 0 bridgehead atoms. The Morgan fingerprint density at radius 3 is 2.35 bits per heavy atom. The fraction of sp³-hybridized carbons (Fsp3) is 0.360. The number of hydrogen-bond acceptors (Lipinski definition) is 7. The molecule has 0 spiro atoms. The number of hydroxylamine groups is 1. The number of H-pyrrole nitrogens is 1. The highest BCUT2D eigenvalue weighted by atomic mass is 32.2. The first-order valence-electron chi connectivity index (χ1n) is 11.6. The topological polar surface area (TPSA) is 143 Å². The fourth-order valence-electron chi connectivity index (χ4n) is 4.36. The molecule has 1 aliphatic heterocycles. The minimum Gasteiger partial charge on any atom is -0.497 e. The number of fused-ring (bicyclic) bond motifs is 1. The van der Waals surface area contributed by atoms with E-state index >= 15 is 0 Å². The lowest BCUT2D eigenvalue weighted by atomic mass is 10.0. The number of aromatic amines is 1. The van der Waals surface area contributed by atoms with E-state index in [1.807, 2.05) is 39.8 Å². The lowest BCUT2D eigenvalue weighted by Gasteiger charge is -2.32. The van der Waals surface area contributed by atoms with E-state index in [4.69, 9.17) is 9.47 Å². The van der Waals surface area contributed by atoms with Gasteiger partial charge in [-0.2, -0.15) is 4.31 Å². The number of ether oxygens (including phenoxy) is 2. The zero-order valence-corrected chi connectivity index (χ0v) is 22.0. The first-order chi connectivity index (χ1) is 17.4. The van der Waals surface area contributed by atoms with Crippen LogP contribution in [0.3, 0.4) is 0 Å². The maximum absolute atomic E-state index is 13.6. The van der Waals surface area contributed by atoms with Crippen molar-refractivity contribution in [3.63, 3.8) is 0 Å². The molecule has 1 aliphatic rings. The van der Waals surface area contributed by atoms with Crippen LogP contribution < -0.4 is 20.5 Å². The molecule has 11 nitrogen and oxygen atoms in total. The first-order valence-corrected chi connectivity index (χ1v) is 13.0. The van der Waals surface area contributed by atoms with Crippen molar-refractivity contribution in [3.8, 4) is 17.2 Å². The van der Waals surface area contributed by atoms with Crippen LogP contribution in [-0.2, 0) is 26.8 Å². The molecule has 0 unspecified atom stereocenters. The molecule has 3 aromatic rings. The molecule has 0 fully saturated rings. The number of benzene rings is 2. The number of methoxy groups -OCH3 is 1. The van der Waals surface area contributed by atoms with Gasteiger partial charge in [0.1, 0.15) is 23.3 Å². The van der Waals surface area contributed by atoms with Crippen LogP contribution in [0.25, 0.3) is 0 Å². The second-order valence-corrected chi connectivity index (χ2v) is 11.7. The third-order valence-electron chi connectivity index (χ3n) is 6.10. The summed E-state index contributed by atoms with van der Waals surface area (Å²) < 4.78 is 40.7. The zero-order chi connectivity index (χ0) is 27.1. The van der Waals surface area contributed by atoms with E-state index < -0.39 is 33.1 Å². The van der Waals surface area contributed by atoms with E-state index in [1.54, 1.807) is 13.2 Å². The second-order valence-electron chi connectivity index (χ2n) is 9.82. The van der Waals surface area contributed by atoms with Crippen molar-refractivity contribution in [2.75, 3.05) is 13.7 Å². The Morgan fingerprint density at radius 2 is 1.76 bits per heavy atom. The number of aromatic nitrogens is 2. The third-order valence-corrected chi connectivity index (χ3v) is 7.98. The van der Waals surface area contributed by atoms with Crippen LogP contribution >= 0.6 is 0 Å². The molecule has 1 aromatic heterocycles. The van der Waals surface area contributed by atoms with Crippen molar-refractivity contribution in [1.29, 1.82) is 0 Å². The van der Waals surface area contributed by atoms with Crippen molar-refractivity contribution < 1.29 is 27.9 Å². The van der Waals surface area contributed by atoms with E-state index in [0.29, 0.717) is 22.9 Å². The molecular formula is C25H30N4O7S. The summed E-state index contributed by atoms with van der Waals surface area (Å²) in [5, 5.41) is 12.4. The third kappa shape index (κ3) is 4.99. The van der Waals surface area contributed by atoms with Gasteiger partial charge < -0.3 is 9.47 Å². The standard InChI is InChI=1S/C25H30N4O7S/c1-15-12-17(35-5)14-18(13-15)36-16-6-8-19(9-7-16)37(33,34)28-11-10-20-21(22(28)23(30)27-32)24(31)29(26-20)25(2,3)4/h6-9,12-14,22,26,32H,10-11H2,1-5H3,(H,27,30)/t22-/m1/s1. The van der Waals surface area contributed by atoms with Gasteiger partial charge in [0.2, 0.25) is 10.0 Å². The van der Waals surface area contributed by atoms with Gasteiger partial charge in [-0.3, -0.25) is 19.9 Å². The molecule has 2 aromatic carbocycles. The van der Waals surface area contributed by atoms with E-state index in [2.05, 4.69) is 5.10 Å². The van der Waals surface area contributed by atoms with Gasteiger partial charge in [0.15, 0.2) is 0 Å². The molecule has 198 valence electrons. The van der Waals surface area contributed by atoms with Crippen LogP contribution in [-0.4, -0.2) is 47.3 Å². The monoisotopic (exact) mass is 530 g/mol. The molecule has 4 rings (SSSR count). The molecule has 0 radical (unpaired) electrons. The number of amides is 1. The SMILES string of the molecule is COc1cc(C)cc(Oc2ccc(S(=O)(=O)N3CCc4[nH]n(C(C)(C)C)c(=O)c4[C@@H]3C(=O)NO)cc2)c1. The number of rotatable bonds is 6. The number of nitrogens with zero attached hydrogens (tertiary/aromatic N) is 2. The van der Waals surface area contributed by atoms with Gasteiger partial charge in [0, 0.05) is 24.7 Å². The summed E-state index contributed by atoms with van der Waals surface area (Å²) in [5.74, 6) is 0.534. The Balaban J connectivity index is 1.68. The second kappa shape index (κ2) is 9.69. The largest absolute Gasteiger partial charge is 0.497 e. The Labute approximate surface area is 214 Å². The summed E-state index contributed by atoms with van der Waals surface area (Å²) in [4.78, 5) is 25.8. The van der Waals surface area contributed by atoms with Gasteiger partial charge >= 0.3 is 0 Å². The average Bonchev–Trinajstić information content (AvgIpc) is 3.20. The van der Waals surface area contributed by atoms with Gasteiger partial charge in [0.05, 0.1) is 23.1 Å². The predicted octanol–water partition coefficient (Wildman–Crippen LogP) is 2.83. The summed E-state index contributed by atoms with van der Waals surface area (Å²) in [7, 11) is -2.68. The van der Waals surface area contributed by atoms with Gasteiger partial charge in [-0.15, -0.1) is 0 Å². The van der Waals surface area contributed by atoms with E-state index in [1.165, 1.54) is 34.4 Å². The molecule has 3 N–H and O–H groups in total. The number of carbonyl (C=O) groups is 1. The van der Waals surface area contributed by atoms with E-state index in [9.17, 15) is 23.2 Å². The minimum absolute atomic E-state index is 0.00959. The molecule has 0 saturated carbocycles.